The van der Waals surface area contributed by atoms with Gasteiger partial charge in [0.25, 0.3) is 9.05 Å². The van der Waals surface area contributed by atoms with Crippen LogP contribution in [0.25, 0.3) is 0 Å². The average molecular weight is 209 g/mol. The maximum atomic E-state index is 10.9. The van der Waals surface area contributed by atoms with Gasteiger partial charge in [-0.05, 0) is 12.5 Å². The topological polar surface area (TPSA) is 52.0 Å². The number of aromatic nitrogens is 2. The zero-order valence-electron chi connectivity index (χ0n) is 6.57. The summed E-state index contributed by atoms with van der Waals surface area (Å²) in [7, 11) is 1.51. The van der Waals surface area contributed by atoms with Crippen molar-refractivity contribution in [1.82, 2.24) is 9.78 Å². The summed E-state index contributed by atoms with van der Waals surface area (Å²) in [5, 5.41) is 3.89. The summed E-state index contributed by atoms with van der Waals surface area (Å²) in [4.78, 5) is 0. The van der Waals surface area contributed by atoms with Gasteiger partial charge in [-0.1, -0.05) is 6.92 Å². The molecule has 0 N–H and O–H groups in total. The third-order valence-corrected chi connectivity index (χ3v) is 2.68. The van der Waals surface area contributed by atoms with Crippen LogP contribution in [0.2, 0.25) is 0 Å². The third kappa shape index (κ3) is 1.98. The molecule has 68 valence electrons. The molecule has 12 heavy (non-hydrogen) atoms. The lowest BCUT2D eigenvalue weighted by molar-refractivity contribution is 0.537. The Morgan fingerprint density at radius 2 is 2.33 bits per heavy atom. The number of halogens is 1. The first-order valence-electron chi connectivity index (χ1n) is 3.52. The number of hydrogen-bond acceptors (Lipinski definition) is 3. The Balaban J connectivity index is 3.08. The molecule has 6 heteroatoms. The van der Waals surface area contributed by atoms with E-state index in [2.05, 4.69) is 5.10 Å². The maximum absolute atomic E-state index is 10.9. The molecule has 0 aliphatic rings. The Labute approximate surface area is 75.6 Å². The van der Waals surface area contributed by atoms with E-state index >= 15 is 0 Å². The minimum Gasteiger partial charge on any atom is -0.253 e. The molecule has 0 atom stereocenters. The summed E-state index contributed by atoms with van der Waals surface area (Å²) in [5.41, 5.74) is 0. The number of hydrogen-bond donors (Lipinski definition) is 0. The Bertz CT molecular complexity index is 357. The van der Waals surface area contributed by atoms with Gasteiger partial charge in [-0.2, -0.15) is 5.10 Å². The SMILES string of the molecule is CCCn1nccc1S(=O)(=O)Cl. The quantitative estimate of drug-likeness (QED) is 0.702. The predicted molar refractivity (Wildman–Crippen MR) is 45.6 cm³/mol. The van der Waals surface area contributed by atoms with E-state index in [1.807, 2.05) is 6.92 Å². The fourth-order valence-electron chi connectivity index (χ4n) is 0.907. The van der Waals surface area contributed by atoms with Crippen LogP contribution in [-0.2, 0) is 15.6 Å². The molecule has 0 saturated carbocycles. The van der Waals surface area contributed by atoms with Gasteiger partial charge in [0.15, 0.2) is 5.03 Å². The monoisotopic (exact) mass is 208 g/mol. The molecule has 0 aliphatic heterocycles. The van der Waals surface area contributed by atoms with Crippen molar-refractivity contribution in [2.24, 2.45) is 0 Å². The fraction of sp³-hybridized carbons (Fsp3) is 0.500. The van der Waals surface area contributed by atoms with E-state index in [4.69, 9.17) is 10.7 Å². The van der Waals surface area contributed by atoms with E-state index in [0.29, 0.717) is 6.54 Å². The molecular formula is C6H9ClN2O2S. The lowest BCUT2D eigenvalue weighted by Crippen LogP contribution is -2.06. The van der Waals surface area contributed by atoms with Crippen molar-refractivity contribution in [3.8, 4) is 0 Å². The Kier molecular flexibility index (Phi) is 2.74. The Morgan fingerprint density at radius 3 is 2.83 bits per heavy atom. The van der Waals surface area contributed by atoms with Gasteiger partial charge in [-0.15, -0.1) is 0 Å². The van der Waals surface area contributed by atoms with Crippen molar-refractivity contribution in [3.05, 3.63) is 12.3 Å². The van der Waals surface area contributed by atoms with E-state index in [1.54, 1.807) is 0 Å². The Morgan fingerprint density at radius 1 is 1.67 bits per heavy atom. The summed E-state index contributed by atoms with van der Waals surface area (Å²) in [5.74, 6) is 0. The van der Waals surface area contributed by atoms with Gasteiger partial charge in [-0.25, -0.2) is 8.42 Å². The van der Waals surface area contributed by atoms with Crippen LogP contribution in [0.4, 0.5) is 0 Å². The van der Waals surface area contributed by atoms with Gasteiger partial charge < -0.3 is 0 Å². The van der Waals surface area contributed by atoms with Gasteiger partial charge in [0.05, 0.1) is 6.20 Å². The second-order valence-corrected chi connectivity index (χ2v) is 4.84. The molecule has 1 aromatic heterocycles. The second-order valence-electron chi connectivity index (χ2n) is 2.33. The highest BCUT2D eigenvalue weighted by molar-refractivity contribution is 8.13. The van der Waals surface area contributed by atoms with Crippen molar-refractivity contribution in [2.45, 2.75) is 24.9 Å². The molecule has 4 nitrogen and oxygen atoms in total. The normalized spacial score (nSPS) is 11.8. The summed E-state index contributed by atoms with van der Waals surface area (Å²) >= 11 is 0. The number of rotatable bonds is 3. The van der Waals surface area contributed by atoms with Crippen LogP contribution in [0.15, 0.2) is 17.3 Å². The van der Waals surface area contributed by atoms with Crippen molar-refractivity contribution in [1.29, 1.82) is 0 Å². The summed E-state index contributed by atoms with van der Waals surface area (Å²) < 4.78 is 23.2. The summed E-state index contributed by atoms with van der Waals surface area (Å²) in [6.45, 7) is 2.50. The van der Waals surface area contributed by atoms with Gasteiger partial charge in [0.2, 0.25) is 0 Å². The van der Waals surface area contributed by atoms with E-state index in [0.717, 1.165) is 6.42 Å². The van der Waals surface area contributed by atoms with Crippen LogP contribution in [0.3, 0.4) is 0 Å². The van der Waals surface area contributed by atoms with Crippen LogP contribution < -0.4 is 0 Å². The molecule has 1 heterocycles. The molecule has 0 fully saturated rings. The summed E-state index contributed by atoms with van der Waals surface area (Å²) in [6, 6.07) is 1.39. The molecule has 1 aromatic rings. The molecule has 0 unspecified atom stereocenters. The lowest BCUT2D eigenvalue weighted by atomic mass is 10.5. The largest absolute Gasteiger partial charge is 0.278 e. The average Bonchev–Trinajstić information content (AvgIpc) is 2.34. The highest BCUT2D eigenvalue weighted by atomic mass is 35.7. The standard InChI is InChI=1S/C6H9ClN2O2S/c1-2-5-9-6(3-4-8-9)12(7,10)11/h3-4H,2,5H2,1H3. The van der Waals surface area contributed by atoms with Crippen molar-refractivity contribution < 1.29 is 8.42 Å². The molecule has 0 bridgehead atoms. The molecule has 0 spiro atoms. The maximum Gasteiger partial charge on any atom is 0.278 e. The first kappa shape index (κ1) is 9.54. The number of aryl methyl sites for hydroxylation is 1. The van der Waals surface area contributed by atoms with Crippen LogP contribution in [0.1, 0.15) is 13.3 Å². The van der Waals surface area contributed by atoms with Gasteiger partial charge in [-0.3, -0.25) is 4.68 Å². The summed E-state index contributed by atoms with van der Waals surface area (Å²) in [6.07, 6.45) is 2.24. The van der Waals surface area contributed by atoms with Gasteiger partial charge in [0.1, 0.15) is 0 Å². The zero-order chi connectivity index (χ0) is 9.19. The highest BCUT2D eigenvalue weighted by Crippen LogP contribution is 2.13. The van der Waals surface area contributed by atoms with Crippen molar-refractivity contribution in [2.75, 3.05) is 0 Å². The molecule has 0 aliphatic carbocycles. The first-order chi connectivity index (χ1) is 5.55. The van der Waals surface area contributed by atoms with Crippen LogP contribution in [0, 0.1) is 0 Å². The molecule has 0 saturated heterocycles. The van der Waals surface area contributed by atoms with Gasteiger partial charge >= 0.3 is 0 Å². The Hall–Kier alpha value is -0.550. The molecule has 0 radical (unpaired) electrons. The predicted octanol–water partition coefficient (Wildman–Crippen LogP) is 1.22. The fourth-order valence-corrected chi connectivity index (χ4v) is 1.91. The molecular weight excluding hydrogens is 200 g/mol. The molecule has 1 rings (SSSR count). The van der Waals surface area contributed by atoms with Crippen molar-refractivity contribution in [3.63, 3.8) is 0 Å². The first-order valence-corrected chi connectivity index (χ1v) is 5.83. The van der Waals surface area contributed by atoms with E-state index in [-0.39, 0.29) is 5.03 Å². The van der Waals surface area contributed by atoms with Crippen molar-refractivity contribution >= 4 is 19.7 Å². The molecule has 0 aromatic carbocycles. The van der Waals surface area contributed by atoms with Gasteiger partial charge in [0, 0.05) is 17.2 Å². The zero-order valence-corrected chi connectivity index (χ0v) is 8.14. The van der Waals surface area contributed by atoms with E-state index < -0.39 is 9.05 Å². The van der Waals surface area contributed by atoms with Crippen LogP contribution in [0.5, 0.6) is 0 Å². The smallest absolute Gasteiger partial charge is 0.253 e. The minimum absolute atomic E-state index is 0.0611. The number of nitrogens with zero attached hydrogens (tertiary/aromatic N) is 2. The second kappa shape index (κ2) is 3.45. The van der Waals surface area contributed by atoms with E-state index in [1.165, 1.54) is 16.9 Å². The third-order valence-electron chi connectivity index (χ3n) is 1.36. The highest BCUT2D eigenvalue weighted by Gasteiger charge is 2.14. The van der Waals surface area contributed by atoms with Crippen LogP contribution >= 0.6 is 10.7 Å². The van der Waals surface area contributed by atoms with E-state index in [9.17, 15) is 8.42 Å². The van der Waals surface area contributed by atoms with Crippen LogP contribution in [-0.4, -0.2) is 18.2 Å². The molecule has 0 amide bonds. The lowest BCUT2D eigenvalue weighted by Gasteiger charge is -2.00. The minimum atomic E-state index is -3.64.